The number of anilines is 2. The normalized spacial score (nSPS) is 14.4. The Morgan fingerprint density at radius 1 is 0.833 bits per heavy atom. The first-order valence-electron chi connectivity index (χ1n) is 7.87. The van der Waals surface area contributed by atoms with E-state index >= 15 is 0 Å². The van der Waals surface area contributed by atoms with Gasteiger partial charge in [0.25, 0.3) is 0 Å². The number of carbonyl (C=O) groups excluding carboxylic acids is 1. The van der Waals surface area contributed by atoms with Gasteiger partial charge in [0.1, 0.15) is 11.5 Å². The van der Waals surface area contributed by atoms with Crippen molar-refractivity contribution < 1.29 is 14.3 Å². The number of nitrogens with two attached hydrogens (primary N) is 1. The smallest absolute Gasteiger partial charge is 0.409 e. The Labute approximate surface area is 141 Å². The Hall–Kier alpha value is -2.89. The molecule has 0 radical (unpaired) electrons. The molecule has 0 aliphatic carbocycles. The van der Waals surface area contributed by atoms with E-state index < -0.39 is 6.09 Å². The fourth-order valence-corrected chi connectivity index (χ4v) is 2.86. The number of primary amides is 1. The van der Waals surface area contributed by atoms with Crippen molar-refractivity contribution in [2.24, 2.45) is 5.73 Å². The van der Waals surface area contributed by atoms with E-state index in [9.17, 15) is 4.79 Å². The molecule has 2 aromatic carbocycles. The largest absolute Gasteiger partial charge is 0.497 e. The minimum atomic E-state index is -0.796. The van der Waals surface area contributed by atoms with Gasteiger partial charge in [-0.25, -0.2) is 4.79 Å². The summed E-state index contributed by atoms with van der Waals surface area (Å²) in [6, 6.07) is 15.6. The van der Waals surface area contributed by atoms with Gasteiger partial charge in [0.05, 0.1) is 7.11 Å². The molecule has 1 saturated heterocycles. The second-order valence-electron chi connectivity index (χ2n) is 5.59. The van der Waals surface area contributed by atoms with Crippen molar-refractivity contribution in [2.75, 3.05) is 43.1 Å². The Bertz CT molecular complexity index is 678. The summed E-state index contributed by atoms with van der Waals surface area (Å²) in [6.45, 7) is 3.77. The number of rotatable bonds is 4. The first kappa shape index (κ1) is 16.0. The summed E-state index contributed by atoms with van der Waals surface area (Å²) in [5.74, 6) is 1.33. The Morgan fingerprint density at radius 3 is 1.62 bits per heavy atom. The third-order valence-electron chi connectivity index (χ3n) is 4.14. The molecule has 0 spiro atoms. The number of hydrogen-bond donors (Lipinski definition) is 1. The van der Waals surface area contributed by atoms with Gasteiger partial charge in [-0.15, -0.1) is 0 Å². The van der Waals surface area contributed by atoms with Crippen molar-refractivity contribution in [1.29, 1.82) is 0 Å². The van der Waals surface area contributed by atoms with Gasteiger partial charge in [0, 0.05) is 37.6 Å². The van der Waals surface area contributed by atoms with Gasteiger partial charge in [-0.3, -0.25) is 0 Å². The Kier molecular flexibility index (Phi) is 4.74. The second-order valence-corrected chi connectivity index (χ2v) is 5.59. The number of nitrogens with zero attached hydrogens (tertiary/aromatic N) is 2. The zero-order chi connectivity index (χ0) is 16.9. The van der Waals surface area contributed by atoms with Gasteiger partial charge in [-0.1, -0.05) is 0 Å². The highest BCUT2D eigenvalue weighted by Crippen LogP contribution is 2.24. The topological polar surface area (TPSA) is 68.0 Å². The average Bonchev–Trinajstić information content (AvgIpc) is 2.62. The molecule has 0 saturated carbocycles. The molecule has 1 aliphatic heterocycles. The number of hydrogen-bond acceptors (Lipinski definition) is 5. The van der Waals surface area contributed by atoms with E-state index in [1.54, 1.807) is 19.2 Å². The van der Waals surface area contributed by atoms with E-state index in [-0.39, 0.29) is 0 Å². The molecule has 1 aliphatic rings. The number of methoxy groups -OCH3 is 1. The van der Waals surface area contributed by atoms with Gasteiger partial charge >= 0.3 is 6.09 Å². The quantitative estimate of drug-likeness (QED) is 0.934. The zero-order valence-electron chi connectivity index (χ0n) is 13.6. The number of amides is 1. The molecule has 6 nitrogen and oxygen atoms in total. The fraction of sp³-hybridized carbons (Fsp3) is 0.278. The predicted molar refractivity (Wildman–Crippen MR) is 94.1 cm³/mol. The maximum Gasteiger partial charge on any atom is 0.409 e. The van der Waals surface area contributed by atoms with Crippen LogP contribution in [0.3, 0.4) is 0 Å². The molecule has 126 valence electrons. The van der Waals surface area contributed by atoms with Gasteiger partial charge in [0.2, 0.25) is 0 Å². The number of ether oxygens (including phenoxy) is 2. The molecule has 1 heterocycles. The lowest BCUT2D eigenvalue weighted by Crippen LogP contribution is -2.46. The Morgan fingerprint density at radius 2 is 1.25 bits per heavy atom. The SMILES string of the molecule is COc1ccc(N2CCN(c3ccc(OC(N)=O)cc3)CC2)cc1. The highest BCUT2D eigenvalue weighted by atomic mass is 16.5. The molecule has 0 bridgehead atoms. The summed E-state index contributed by atoms with van der Waals surface area (Å²) in [5, 5.41) is 0. The van der Waals surface area contributed by atoms with Crippen LogP contribution in [0, 0.1) is 0 Å². The van der Waals surface area contributed by atoms with E-state index in [2.05, 4.69) is 21.9 Å². The fourth-order valence-electron chi connectivity index (χ4n) is 2.86. The van der Waals surface area contributed by atoms with Gasteiger partial charge in [-0.2, -0.15) is 0 Å². The first-order valence-corrected chi connectivity index (χ1v) is 7.87. The Balaban J connectivity index is 1.58. The monoisotopic (exact) mass is 327 g/mol. The molecule has 2 aromatic rings. The van der Waals surface area contributed by atoms with Crippen LogP contribution >= 0.6 is 0 Å². The highest BCUT2D eigenvalue weighted by molar-refractivity contribution is 5.68. The molecule has 3 rings (SSSR count). The van der Waals surface area contributed by atoms with Crippen molar-refractivity contribution in [1.82, 2.24) is 0 Å². The highest BCUT2D eigenvalue weighted by Gasteiger charge is 2.17. The maximum atomic E-state index is 10.7. The van der Waals surface area contributed by atoms with Gasteiger partial charge in [0.15, 0.2) is 0 Å². The molecule has 1 amide bonds. The summed E-state index contributed by atoms with van der Waals surface area (Å²) < 4.78 is 10.1. The maximum absolute atomic E-state index is 10.7. The zero-order valence-corrected chi connectivity index (χ0v) is 13.6. The summed E-state index contributed by atoms with van der Waals surface area (Å²) in [5.41, 5.74) is 7.33. The standard InChI is InChI=1S/C18H21N3O3/c1-23-16-6-2-14(3-7-16)20-10-12-21(13-11-20)15-4-8-17(9-5-15)24-18(19)22/h2-9H,10-13H2,1H3,(H2,19,22). The summed E-state index contributed by atoms with van der Waals surface area (Å²) in [6.07, 6.45) is -0.796. The average molecular weight is 327 g/mol. The van der Waals surface area contributed by atoms with Crippen molar-refractivity contribution in [3.8, 4) is 11.5 Å². The molecule has 0 unspecified atom stereocenters. The van der Waals surface area contributed by atoms with Crippen molar-refractivity contribution >= 4 is 17.5 Å². The van der Waals surface area contributed by atoms with E-state index in [1.165, 1.54) is 5.69 Å². The lowest BCUT2D eigenvalue weighted by molar-refractivity contribution is 0.211. The van der Waals surface area contributed by atoms with E-state index in [4.69, 9.17) is 15.2 Å². The van der Waals surface area contributed by atoms with Crippen molar-refractivity contribution in [2.45, 2.75) is 0 Å². The van der Waals surface area contributed by atoms with Gasteiger partial charge in [-0.05, 0) is 48.5 Å². The molecule has 6 heteroatoms. The van der Waals surface area contributed by atoms with Gasteiger partial charge < -0.3 is 25.0 Å². The van der Waals surface area contributed by atoms with Crippen LogP contribution in [-0.2, 0) is 0 Å². The molecule has 0 aromatic heterocycles. The molecular formula is C18H21N3O3. The van der Waals surface area contributed by atoms with Crippen LogP contribution in [0.4, 0.5) is 16.2 Å². The van der Waals surface area contributed by atoms with E-state index in [1.807, 2.05) is 24.3 Å². The minimum absolute atomic E-state index is 0.461. The second kappa shape index (κ2) is 7.12. The summed E-state index contributed by atoms with van der Waals surface area (Å²) in [7, 11) is 1.67. The van der Waals surface area contributed by atoms with E-state index in [0.29, 0.717) is 5.75 Å². The third kappa shape index (κ3) is 3.71. The molecule has 24 heavy (non-hydrogen) atoms. The molecule has 0 atom stereocenters. The lowest BCUT2D eigenvalue weighted by Gasteiger charge is -2.37. The van der Waals surface area contributed by atoms with Crippen LogP contribution in [0.1, 0.15) is 0 Å². The summed E-state index contributed by atoms with van der Waals surface area (Å²) >= 11 is 0. The van der Waals surface area contributed by atoms with Crippen molar-refractivity contribution in [3.63, 3.8) is 0 Å². The van der Waals surface area contributed by atoms with Crippen LogP contribution < -0.4 is 25.0 Å². The van der Waals surface area contributed by atoms with Crippen LogP contribution in [0.2, 0.25) is 0 Å². The van der Waals surface area contributed by atoms with Crippen molar-refractivity contribution in [3.05, 3.63) is 48.5 Å². The lowest BCUT2D eigenvalue weighted by atomic mass is 10.2. The first-order chi connectivity index (χ1) is 11.7. The molecule has 1 fully saturated rings. The predicted octanol–water partition coefficient (Wildman–Crippen LogP) is 2.48. The van der Waals surface area contributed by atoms with Crippen LogP contribution in [-0.4, -0.2) is 39.4 Å². The number of benzene rings is 2. The van der Waals surface area contributed by atoms with Crippen LogP contribution in [0.25, 0.3) is 0 Å². The minimum Gasteiger partial charge on any atom is -0.497 e. The molecular weight excluding hydrogens is 306 g/mol. The van der Waals surface area contributed by atoms with Crippen LogP contribution in [0.5, 0.6) is 11.5 Å². The number of carbonyl (C=O) groups is 1. The van der Waals surface area contributed by atoms with Crippen LogP contribution in [0.15, 0.2) is 48.5 Å². The van der Waals surface area contributed by atoms with E-state index in [0.717, 1.165) is 37.6 Å². The molecule has 2 N–H and O–H groups in total. The number of piperazine rings is 1. The summed E-state index contributed by atoms with van der Waals surface area (Å²) in [4.78, 5) is 15.4. The third-order valence-corrected chi connectivity index (χ3v) is 4.14.